The molecule has 332 valence electrons. The van der Waals surface area contributed by atoms with Gasteiger partial charge in [0.1, 0.15) is 0 Å². The fraction of sp³-hybridized carbons (Fsp3) is 0.526. The Morgan fingerprint density at radius 3 is 0.917 bits per heavy atom. The molecule has 0 aromatic heterocycles. The number of rotatable bonds is 30. The molecule has 0 saturated heterocycles. The molecule has 0 unspecified atom stereocenters. The van der Waals surface area contributed by atoms with E-state index in [4.69, 9.17) is 0 Å². The first-order valence-electron chi connectivity index (χ1n) is 23.1. The molecule has 1 aromatic rings. The quantitative estimate of drug-likeness (QED) is 0.0787. The lowest BCUT2D eigenvalue weighted by Crippen LogP contribution is -2.01. The third-order valence-corrected chi connectivity index (χ3v) is 11.3. The van der Waals surface area contributed by atoms with Gasteiger partial charge in [0.15, 0.2) is 0 Å². The highest BCUT2D eigenvalue weighted by Gasteiger charge is 2.04. The first-order valence-corrected chi connectivity index (χ1v) is 23.1. The summed E-state index contributed by atoms with van der Waals surface area (Å²) < 4.78 is 0. The van der Waals surface area contributed by atoms with Gasteiger partial charge in [-0.15, -0.1) is 5.75 Å². The second-order valence-corrected chi connectivity index (χ2v) is 17.9. The van der Waals surface area contributed by atoms with Crippen LogP contribution in [0, 0.1) is 0 Å². The molecule has 0 aliphatic carbocycles. The Kier molecular flexibility index (Phi) is 29.3. The Labute approximate surface area is 369 Å². The highest BCUT2D eigenvalue weighted by atomic mass is 16.4. The summed E-state index contributed by atoms with van der Waals surface area (Å²) in [4.78, 5) is 11.2. The lowest BCUT2D eigenvalue weighted by molar-refractivity contribution is -0.269. The van der Waals surface area contributed by atoms with Crippen molar-refractivity contribution in [2.75, 3.05) is 0 Å². The molecular weight excluding hydrogens is 733 g/mol. The van der Waals surface area contributed by atoms with Crippen LogP contribution < -0.4 is 5.11 Å². The Morgan fingerprint density at radius 1 is 0.417 bits per heavy atom. The summed E-state index contributed by atoms with van der Waals surface area (Å²) in [6.45, 7) is 24.6. The first-order chi connectivity index (χ1) is 28.5. The van der Waals surface area contributed by atoms with E-state index in [0.29, 0.717) is 12.0 Å². The molecule has 0 heterocycles. The zero-order valence-corrected chi connectivity index (χ0v) is 40.2. The molecule has 60 heavy (non-hydrogen) atoms. The monoisotopic (exact) mass is 818 g/mol. The van der Waals surface area contributed by atoms with Crippen molar-refractivity contribution in [1.82, 2.24) is 0 Å². The maximum absolute atomic E-state index is 12.1. The van der Waals surface area contributed by atoms with Crippen LogP contribution in [0.4, 0.5) is 0 Å². The summed E-state index contributed by atoms with van der Waals surface area (Å²) in [7, 11) is 0. The molecule has 3 heteroatoms. The third-order valence-electron chi connectivity index (χ3n) is 11.3. The van der Waals surface area contributed by atoms with Crippen LogP contribution in [0.25, 0.3) is 0 Å². The van der Waals surface area contributed by atoms with Crippen LogP contribution in [0.3, 0.4) is 0 Å². The standard InChI is InChI=1S/C57H86O3/c1-44(2)21-12-22-45(3)23-13-24-46(4)25-14-26-47(5)27-15-28-48(6)29-16-30-49(7)31-17-32-50(8)33-18-34-51(9)35-19-36-52(10)37-20-38-53(11)39-40-54-43-55(57(59)60)41-42-56(54)58/h21,23,25,27,29,31,33,35,37,39,41-43,58H,12-20,22,24,26,28,30,32,34,36,38,40H2,1-11H3,(H,59,60)/p-1/b45-23+,46-25+,47-27+,48-29+,49-31+,50-33+,51-35+,52-37+,53-39+. The number of carboxylic acid groups (broad SMARTS) is 1. The molecular formula is C57H85O3-. The van der Waals surface area contributed by atoms with E-state index in [9.17, 15) is 15.0 Å². The molecule has 0 bridgehead atoms. The molecule has 0 saturated carbocycles. The fourth-order valence-electron chi connectivity index (χ4n) is 7.03. The van der Waals surface area contributed by atoms with E-state index in [0.717, 1.165) is 96.3 Å². The molecule has 3 nitrogen and oxygen atoms in total. The SMILES string of the molecule is CC(C)=CCC/C(C)=C/CC/C(C)=C/CC/C(C)=C/CC/C(C)=C/CC/C(C)=C/CC/C(C)=C/CC/C(C)=C/CC/C(C)=C/CC/C(C)=C/Cc1cc(C(=O)O)ccc1[O-]. The second-order valence-electron chi connectivity index (χ2n) is 17.9. The topological polar surface area (TPSA) is 60.4 Å². The second kappa shape index (κ2) is 32.6. The van der Waals surface area contributed by atoms with Crippen molar-refractivity contribution in [2.24, 2.45) is 0 Å². The van der Waals surface area contributed by atoms with E-state index in [1.54, 1.807) is 0 Å². The van der Waals surface area contributed by atoms with Gasteiger partial charge in [-0.05, 0) is 210 Å². The lowest BCUT2D eigenvalue weighted by Gasteiger charge is -2.13. The summed E-state index contributed by atoms with van der Waals surface area (Å²) >= 11 is 0. The molecule has 0 amide bonds. The predicted molar refractivity (Wildman–Crippen MR) is 263 cm³/mol. The fourth-order valence-corrected chi connectivity index (χ4v) is 7.03. The summed E-state index contributed by atoms with van der Waals surface area (Å²) in [5, 5.41) is 21.3. The summed E-state index contributed by atoms with van der Waals surface area (Å²) in [5.41, 5.74) is 15.3. The predicted octanol–water partition coefficient (Wildman–Crippen LogP) is 17.5. The number of carbonyl (C=O) groups is 1. The van der Waals surface area contributed by atoms with Crippen molar-refractivity contribution < 1.29 is 15.0 Å². The van der Waals surface area contributed by atoms with Gasteiger partial charge in [-0.3, -0.25) is 0 Å². The number of allylic oxidation sites excluding steroid dienone is 20. The van der Waals surface area contributed by atoms with Crippen molar-refractivity contribution in [3.63, 3.8) is 0 Å². The maximum atomic E-state index is 12.1. The summed E-state index contributed by atoms with van der Waals surface area (Å²) in [6, 6.07) is 4.21. The Bertz CT molecular complexity index is 1750. The Hall–Kier alpha value is -4.11. The van der Waals surface area contributed by atoms with E-state index in [-0.39, 0.29) is 11.3 Å². The molecule has 0 aliphatic heterocycles. The van der Waals surface area contributed by atoms with Crippen molar-refractivity contribution in [3.8, 4) is 5.75 Å². The first kappa shape index (κ1) is 53.9. The molecule has 1 N–H and O–H groups in total. The molecule has 0 spiro atoms. The smallest absolute Gasteiger partial charge is 0.335 e. The van der Waals surface area contributed by atoms with Gasteiger partial charge in [-0.25, -0.2) is 4.79 Å². The van der Waals surface area contributed by atoms with Crippen LogP contribution in [-0.2, 0) is 6.42 Å². The lowest BCUT2D eigenvalue weighted by atomic mass is 10.0. The van der Waals surface area contributed by atoms with E-state index in [1.165, 1.54) is 93.2 Å². The van der Waals surface area contributed by atoms with Crippen molar-refractivity contribution >= 4 is 5.97 Å². The minimum absolute atomic E-state index is 0.108. The number of benzene rings is 1. The van der Waals surface area contributed by atoms with Crippen molar-refractivity contribution in [1.29, 1.82) is 0 Å². The van der Waals surface area contributed by atoms with E-state index in [2.05, 4.69) is 131 Å². The number of carboxylic acids is 1. The zero-order valence-electron chi connectivity index (χ0n) is 40.2. The molecule has 1 aromatic carbocycles. The minimum Gasteiger partial charge on any atom is -0.872 e. The van der Waals surface area contributed by atoms with Gasteiger partial charge in [0, 0.05) is 0 Å². The summed E-state index contributed by atoms with van der Waals surface area (Å²) in [6.07, 6.45) is 44.3. The third kappa shape index (κ3) is 29.2. The highest BCUT2D eigenvalue weighted by molar-refractivity contribution is 5.88. The Balaban J connectivity index is 2.26. The number of hydrogen-bond acceptors (Lipinski definition) is 2. The van der Waals surface area contributed by atoms with Crippen LogP contribution in [0.2, 0.25) is 0 Å². The Morgan fingerprint density at radius 2 is 0.667 bits per heavy atom. The normalized spacial score (nSPS) is 14.3. The molecule has 1 rings (SSSR count). The summed E-state index contributed by atoms with van der Waals surface area (Å²) in [5.74, 6) is -1.11. The van der Waals surface area contributed by atoms with Gasteiger partial charge in [-0.1, -0.05) is 128 Å². The molecule has 0 atom stereocenters. The van der Waals surface area contributed by atoms with Crippen LogP contribution >= 0.6 is 0 Å². The van der Waals surface area contributed by atoms with Gasteiger partial charge in [-0.2, -0.15) is 0 Å². The van der Waals surface area contributed by atoms with Gasteiger partial charge >= 0.3 is 5.97 Å². The van der Waals surface area contributed by atoms with E-state index >= 15 is 0 Å². The van der Waals surface area contributed by atoms with E-state index in [1.807, 2.05) is 6.08 Å². The average molecular weight is 818 g/mol. The zero-order chi connectivity index (χ0) is 44.7. The molecule has 0 radical (unpaired) electrons. The van der Waals surface area contributed by atoms with Crippen molar-refractivity contribution in [2.45, 2.75) is 198 Å². The van der Waals surface area contributed by atoms with Crippen LogP contribution in [-0.4, -0.2) is 11.1 Å². The number of hydrogen-bond donors (Lipinski definition) is 1. The van der Waals surface area contributed by atoms with Crippen LogP contribution in [0.15, 0.2) is 135 Å². The van der Waals surface area contributed by atoms with Gasteiger partial charge < -0.3 is 10.2 Å². The molecule has 0 aliphatic rings. The van der Waals surface area contributed by atoms with Gasteiger partial charge in [0.25, 0.3) is 0 Å². The van der Waals surface area contributed by atoms with Gasteiger partial charge in [0.05, 0.1) is 5.56 Å². The van der Waals surface area contributed by atoms with Crippen molar-refractivity contribution in [3.05, 3.63) is 146 Å². The van der Waals surface area contributed by atoms with Crippen LogP contribution in [0.5, 0.6) is 5.75 Å². The van der Waals surface area contributed by atoms with E-state index < -0.39 is 5.97 Å². The number of aromatic carboxylic acids is 1. The highest BCUT2D eigenvalue weighted by Crippen LogP contribution is 2.20. The van der Waals surface area contributed by atoms with Gasteiger partial charge in [0.2, 0.25) is 0 Å². The largest absolute Gasteiger partial charge is 0.872 e. The van der Waals surface area contributed by atoms with Crippen LogP contribution in [0.1, 0.15) is 208 Å². The maximum Gasteiger partial charge on any atom is 0.335 e. The average Bonchev–Trinajstić information content (AvgIpc) is 3.17. The minimum atomic E-state index is -1.01. The molecule has 0 fully saturated rings.